The van der Waals surface area contributed by atoms with Crippen molar-refractivity contribution in [3.05, 3.63) is 66.0 Å². The summed E-state index contributed by atoms with van der Waals surface area (Å²) in [7, 11) is 0. The molecule has 0 spiro atoms. The SMILES string of the molecule is O=C(c1ccnc(Nc2nc3cc(Nc4ccc(F)c(F)c4)ncc3[nH]2)c1)N1CCN(C2CC2)CC1. The zero-order valence-corrected chi connectivity index (χ0v) is 19.3. The van der Waals surface area contributed by atoms with Crippen LogP contribution in [0.1, 0.15) is 23.2 Å². The molecular weight excluding hydrogens is 466 g/mol. The van der Waals surface area contributed by atoms with Crippen LogP contribution in [-0.4, -0.2) is 67.9 Å². The molecule has 2 fully saturated rings. The molecule has 1 aliphatic heterocycles. The maximum atomic E-state index is 13.5. The van der Waals surface area contributed by atoms with Crippen LogP contribution in [0.2, 0.25) is 0 Å². The Morgan fingerprint density at radius 1 is 0.944 bits per heavy atom. The van der Waals surface area contributed by atoms with Gasteiger partial charge in [0.05, 0.1) is 17.2 Å². The van der Waals surface area contributed by atoms with E-state index in [4.69, 9.17) is 0 Å². The Hall–Kier alpha value is -4.12. The minimum Gasteiger partial charge on any atom is -0.340 e. The summed E-state index contributed by atoms with van der Waals surface area (Å²) in [6.07, 6.45) is 5.74. The Bertz CT molecular complexity index is 1430. The molecule has 1 saturated heterocycles. The second-order valence-corrected chi connectivity index (χ2v) is 9.04. The fourth-order valence-electron chi connectivity index (χ4n) is 4.42. The number of aromatic amines is 1. The number of hydrogen-bond acceptors (Lipinski definition) is 7. The molecule has 4 heterocycles. The molecule has 3 aromatic heterocycles. The standard InChI is InChI=1S/C25H24F2N8O/c26-18-4-1-16(12-19(18)27)30-23-13-20-21(14-29-23)32-25(31-20)33-22-11-15(5-6-28-22)24(36)35-9-7-34(8-10-35)17-2-3-17/h1,4-6,11-14,17H,2-3,7-10H2,(H,29,30)(H2,28,31,32,33). The van der Waals surface area contributed by atoms with Gasteiger partial charge in [0.25, 0.3) is 5.91 Å². The van der Waals surface area contributed by atoms with Crippen LogP contribution in [-0.2, 0) is 0 Å². The third kappa shape index (κ3) is 4.69. The average Bonchev–Trinajstić information content (AvgIpc) is 3.66. The quantitative estimate of drug-likeness (QED) is 0.375. The summed E-state index contributed by atoms with van der Waals surface area (Å²) in [4.78, 5) is 33.6. The summed E-state index contributed by atoms with van der Waals surface area (Å²) in [5.74, 6) is -0.503. The van der Waals surface area contributed by atoms with Crippen LogP contribution in [0.4, 0.5) is 32.1 Å². The van der Waals surface area contributed by atoms with Crippen molar-refractivity contribution in [2.75, 3.05) is 36.8 Å². The number of hydrogen-bond donors (Lipinski definition) is 3. The van der Waals surface area contributed by atoms with E-state index in [0.29, 0.717) is 39.9 Å². The van der Waals surface area contributed by atoms with Gasteiger partial charge in [-0.25, -0.2) is 23.7 Å². The zero-order chi connectivity index (χ0) is 24.6. The first-order chi connectivity index (χ1) is 17.5. The maximum absolute atomic E-state index is 13.5. The Labute approximate surface area is 205 Å². The van der Waals surface area contributed by atoms with E-state index < -0.39 is 11.6 Å². The van der Waals surface area contributed by atoms with E-state index in [1.54, 1.807) is 30.6 Å². The number of piperazine rings is 1. The molecule has 1 amide bonds. The number of amides is 1. The minimum absolute atomic E-state index is 0.00218. The van der Waals surface area contributed by atoms with Crippen molar-refractivity contribution < 1.29 is 13.6 Å². The Morgan fingerprint density at radius 3 is 2.53 bits per heavy atom. The molecule has 184 valence electrons. The van der Waals surface area contributed by atoms with Crippen molar-refractivity contribution in [2.45, 2.75) is 18.9 Å². The zero-order valence-electron chi connectivity index (χ0n) is 19.3. The predicted molar refractivity (Wildman–Crippen MR) is 132 cm³/mol. The van der Waals surface area contributed by atoms with Crippen molar-refractivity contribution >= 4 is 40.2 Å². The number of carbonyl (C=O) groups excluding carboxylic acids is 1. The van der Waals surface area contributed by atoms with E-state index >= 15 is 0 Å². The van der Waals surface area contributed by atoms with E-state index in [9.17, 15) is 13.6 Å². The fraction of sp³-hybridized carbons (Fsp3) is 0.280. The fourth-order valence-corrected chi connectivity index (χ4v) is 4.42. The average molecular weight is 491 g/mol. The normalized spacial score (nSPS) is 16.3. The number of benzene rings is 1. The number of imidazole rings is 1. The van der Waals surface area contributed by atoms with Crippen LogP contribution in [0, 0.1) is 11.6 Å². The summed E-state index contributed by atoms with van der Waals surface area (Å²) in [6.45, 7) is 3.31. The van der Waals surface area contributed by atoms with Gasteiger partial charge in [0.15, 0.2) is 11.6 Å². The third-order valence-corrected chi connectivity index (χ3v) is 6.48. The number of nitrogens with zero attached hydrogens (tertiary/aromatic N) is 5. The maximum Gasteiger partial charge on any atom is 0.254 e. The molecule has 2 aliphatic rings. The monoisotopic (exact) mass is 490 g/mol. The number of fused-ring (bicyclic) bond motifs is 1. The number of H-pyrrole nitrogens is 1. The van der Waals surface area contributed by atoms with Gasteiger partial charge in [-0.3, -0.25) is 9.69 Å². The van der Waals surface area contributed by atoms with Gasteiger partial charge in [-0.2, -0.15) is 0 Å². The van der Waals surface area contributed by atoms with Crippen LogP contribution in [0.3, 0.4) is 0 Å². The second-order valence-electron chi connectivity index (χ2n) is 9.04. The molecule has 1 saturated carbocycles. The molecule has 9 nitrogen and oxygen atoms in total. The topological polar surface area (TPSA) is 102 Å². The first-order valence-electron chi connectivity index (χ1n) is 11.9. The highest BCUT2D eigenvalue weighted by molar-refractivity contribution is 5.95. The third-order valence-electron chi connectivity index (χ3n) is 6.48. The number of pyridine rings is 2. The van der Waals surface area contributed by atoms with Gasteiger partial charge < -0.3 is 20.5 Å². The number of nitrogens with one attached hydrogen (secondary N) is 3. The summed E-state index contributed by atoms with van der Waals surface area (Å²) in [5.41, 5.74) is 2.23. The lowest BCUT2D eigenvalue weighted by molar-refractivity contribution is 0.0627. The van der Waals surface area contributed by atoms with Gasteiger partial charge in [-0.1, -0.05) is 0 Å². The number of anilines is 4. The lowest BCUT2D eigenvalue weighted by Gasteiger charge is -2.34. The van der Waals surface area contributed by atoms with Crippen molar-refractivity contribution in [2.24, 2.45) is 0 Å². The molecule has 0 atom stereocenters. The molecule has 4 aromatic rings. The largest absolute Gasteiger partial charge is 0.340 e. The van der Waals surface area contributed by atoms with Crippen molar-refractivity contribution in [3.8, 4) is 0 Å². The summed E-state index contributed by atoms with van der Waals surface area (Å²) >= 11 is 0. The molecule has 0 bridgehead atoms. The van der Waals surface area contributed by atoms with E-state index in [2.05, 4.69) is 35.5 Å². The van der Waals surface area contributed by atoms with E-state index in [1.165, 1.54) is 18.9 Å². The molecule has 36 heavy (non-hydrogen) atoms. The highest BCUT2D eigenvalue weighted by atomic mass is 19.2. The van der Waals surface area contributed by atoms with Gasteiger partial charge in [0.2, 0.25) is 5.95 Å². The van der Waals surface area contributed by atoms with Gasteiger partial charge in [-0.15, -0.1) is 0 Å². The summed E-state index contributed by atoms with van der Waals surface area (Å²) in [5, 5.41) is 6.05. The van der Waals surface area contributed by atoms with Crippen LogP contribution in [0.5, 0.6) is 0 Å². The Balaban J connectivity index is 1.14. The lowest BCUT2D eigenvalue weighted by atomic mass is 10.2. The molecule has 6 rings (SSSR count). The molecular formula is C25H24F2N8O. The van der Waals surface area contributed by atoms with E-state index in [-0.39, 0.29) is 5.91 Å². The molecule has 3 N–H and O–H groups in total. The van der Waals surface area contributed by atoms with E-state index in [0.717, 1.165) is 44.4 Å². The van der Waals surface area contributed by atoms with Crippen LogP contribution in [0.25, 0.3) is 11.0 Å². The van der Waals surface area contributed by atoms with Gasteiger partial charge >= 0.3 is 0 Å². The Morgan fingerprint density at radius 2 is 1.75 bits per heavy atom. The minimum atomic E-state index is -0.943. The Kier molecular flexibility index (Phi) is 5.68. The van der Waals surface area contributed by atoms with Crippen LogP contribution >= 0.6 is 0 Å². The predicted octanol–water partition coefficient (Wildman–Crippen LogP) is 4.04. The van der Waals surface area contributed by atoms with Crippen molar-refractivity contribution in [3.63, 3.8) is 0 Å². The number of rotatable bonds is 6. The number of halogens is 2. The van der Waals surface area contributed by atoms with Gasteiger partial charge in [0.1, 0.15) is 11.6 Å². The van der Waals surface area contributed by atoms with Crippen LogP contribution in [0.15, 0.2) is 48.8 Å². The summed E-state index contributed by atoms with van der Waals surface area (Å²) < 4.78 is 26.6. The smallest absolute Gasteiger partial charge is 0.254 e. The first kappa shape index (κ1) is 22.4. The van der Waals surface area contributed by atoms with Gasteiger partial charge in [0, 0.05) is 61.8 Å². The number of carbonyl (C=O) groups is 1. The van der Waals surface area contributed by atoms with Crippen LogP contribution < -0.4 is 10.6 Å². The molecule has 1 aliphatic carbocycles. The van der Waals surface area contributed by atoms with E-state index in [1.807, 2.05) is 4.90 Å². The summed E-state index contributed by atoms with van der Waals surface area (Å²) in [6, 6.07) is 9.38. The highest BCUT2D eigenvalue weighted by Crippen LogP contribution is 2.28. The molecule has 0 unspecified atom stereocenters. The second kappa shape index (κ2) is 9.15. The number of aromatic nitrogens is 4. The highest BCUT2D eigenvalue weighted by Gasteiger charge is 2.32. The molecule has 11 heteroatoms. The van der Waals surface area contributed by atoms with Crippen molar-refractivity contribution in [1.29, 1.82) is 0 Å². The lowest BCUT2D eigenvalue weighted by Crippen LogP contribution is -2.49. The van der Waals surface area contributed by atoms with Gasteiger partial charge in [-0.05, 0) is 37.1 Å². The molecule has 0 radical (unpaired) electrons. The molecule has 1 aromatic carbocycles. The van der Waals surface area contributed by atoms with Crippen molar-refractivity contribution in [1.82, 2.24) is 29.7 Å². The first-order valence-corrected chi connectivity index (χ1v) is 11.9.